The normalized spacial score (nSPS) is 25.8. The maximum Gasteiger partial charge on any atom is 0.240 e. The number of rotatable bonds is 2. The summed E-state index contributed by atoms with van der Waals surface area (Å²) in [6.45, 7) is 2.20. The van der Waals surface area contributed by atoms with E-state index >= 15 is 0 Å². The van der Waals surface area contributed by atoms with Crippen molar-refractivity contribution in [3.8, 4) is 0 Å². The third kappa shape index (κ3) is 1.98. The van der Waals surface area contributed by atoms with E-state index in [1.807, 2.05) is 0 Å². The van der Waals surface area contributed by atoms with Crippen LogP contribution in [0.2, 0.25) is 0 Å². The van der Waals surface area contributed by atoms with Gasteiger partial charge in [0, 0.05) is 6.54 Å². The number of likely N-dealkylation sites (tertiary alicyclic amines) is 1. The van der Waals surface area contributed by atoms with Crippen LogP contribution in [0.1, 0.15) is 19.8 Å². The van der Waals surface area contributed by atoms with E-state index in [0.717, 1.165) is 6.42 Å². The highest BCUT2D eigenvalue weighted by molar-refractivity contribution is 5.89. The Balaban J connectivity index is 2.68. The Labute approximate surface area is 77.1 Å². The van der Waals surface area contributed by atoms with Gasteiger partial charge in [-0.2, -0.15) is 0 Å². The quantitative estimate of drug-likeness (QED) is 0.567. The molecule has 1 fully saturated rings. The average molecular weight is 185 g/mol. The van der Waals surface area contributed by atoms with E-state index in [9.17, 15) is 9.59 Å². The number of nitrogens with two attached hydrogens (primary N) is 2. The molecule has 1 heterocycles. The van der Waals surface area contributed by atoms with Gasteiger partial charge in [0.05, 0.1) is 6.04 Å². The summed E-state index contributed by atoms with van der Waals surface area (Å²) in [7, 11) is 0. The molecule has 13 heavy (non-hydrogen) atoms. The standard InChI is InChI=1S/C8H15N3O2/c1-5(7(10)12)11-4-2-3-6(9)8(11)13/h5-6H,2-4,9H2,1H3,(H2,10,12)/t5-,6-/m1/s1. The summed E-state index contributed by atoms with van der Waals surface area (Å²) in [5, 5.41) is 0. The molecule has 0 saturated carbocycles. The van der Waals surface area contributed by atoms with Crippen molar-refractivity contribution in [2.45, 2.75) is 31.8 Å². The third-order valence-corrected chi connectivity index (χ3v) is 2.39. The second-order valence-electron chi connectivity index (χ2n) is 3.36. The second kappa shape index (κ2) is 3.74. The number of amides is 2. The van der Waals surface area contributed by atoms with Crippen molar-refractivity contribution in [3.05, 3.63) is 0 Å². The topological polar surface area (TPSA) is 89.4 Å². The summed E-state index contributed by atoms with van der Waals surface area (Å²) in [5.41, 5.74) is 10.7. The largest absolute Gasteiger partial charge is 0.368 e. The number of carbonyl (C=O) groups excluding carboxylic acids is 2. The Hall–Kier alpha value is -1.10. The van der Waals surface area contributed by atoms with Gasteiger partial charge in [-0.15, -0.1) is 0 Å². The van der Waals surface area contributed by atoms with Crippen LogP contribution in [-0.2, 0) is 9.59 Å². The highest BCUT2D eigenvalue weighted by Crippen LogP contribution is 2.12. The molecule has 4 N–H and O–H groups in total. The monoisotopic (exact) mass is 185 g/mol. The van der Waals surface area contributed by atoms with Crippen molar-refractivity contribution in [3.63, 3.8) is 0 Å². The molecule has 74 valence electrons. The van der Waals surface area contributed by atoms with Gasteiger partial charge in [0.15, 0.2) is 0 Å². The molecule has 0 spiro atoms. The van der Waals surface area contributed by atoms with Crippen LogP contribution in [0.5, 0.6) is 0 Å². The van der Waals surface area contributed by atoms with Crippen molar-refractivity contribution in [1.82, 2.24) is 4.90 Å². The lowest BCUT2D eigenvalue weighted by Crippen LogP contribution is -2.55. The van der Waals surface area contributed by atoms with E-state index in [2.05, 4.69) is 0 Å². The first-order valence-electron chi connectivity index (χ1n) is 4.39. The third-order valence-electron chi connectivity index (χ3n) is 2.39. The Morgan fingerprint density at radius 1 is 1.69 bits per heavy atom. The summed E-state index contributed by atoms with van der Waals surface area (Å²) in [6, 6.07) is -1.01. The van der Waals surface area contributed by atoms with Gasteiger partial charge in [-0.25, -0.2) is 0 Å². The predicted octanol–water partition coefficient (Wildman–Crippen LogP) is -1.19. The minimum Gasteiger partial charge on any atom is -0.368 e. The number of carbonyl (C=O) groups is 2. The molecule has 0 bridgehead atoms. The molecule has 0 aliphatic carbocycles. The van der Waals surface area contributed by atoms with E-state index in [0.29, 0.717) is 13.0 Å². The summed E-state index contributed by atoms with van der Waals surface area (Å²) < 4.78 is 0. The fourth-order valence-electron chi connectivity index (χ4n) is 1.47. The molecule has 1 aliphatic rings. The number of hydrogen-bond acceptors (Lipinski definition) is 3. The molecule has 1 aliphatic heterocycles. The van der Waals surface area contributed by atoms with E-state index in [-0.39, 0.29) is 5.91 Å². The Morgan fingerprint density at radius 2 is 2.31 bits per heavy atom. The molecule has 0 aromatic carbocycles. The van der Waals surface area contributed by atoms with Crippen LogP contribution in [0.15, 0.2) is 0 Å². The van der Waals surface area contributed by atoms with Gasteiger partial charge >= 0.3 is 0 Å². The molecule has 0 aromatic rings. The number of nitrogens with zero attached hydrogens (tertiary/aromatic N) is 1. The molecule has 2 atom stereocenters. The smallest absolute Gasteiger partial charge is 0.240 e. The van der Waals surface area contributed by atoms with Crippen LogP contribution in [0.4, 0.5) is 0 Å². The number of primary amides is 1. The van der Waals surface area contributed by atoms with Gasteiger partial charge in [-0.3, -0.25) is 9.59 Å². The first kappa shape index (κ1) is 9.98. The maximum absolute atomic E-state index is 11.5. The van der Waals surface area contributed by atoms with Crippen LogP contribution in [0, 0.1) is 0 Å². The van der Waals surface area contributed by atoms with Crippen LogP contribution in [0.25, 0.3) is 0 Å². The zero-order chi connectivity index (χ0) is 10.0. The maximum atomic E-state index is 11.5. The first-order chi connectivity index (χ1) is 6.04. The lowest BCUT2D eigenvalue weighted by molar-refractivity contribution is -0.141. The fourth-order valence-corrected chi connectivity index (χ4v) is 1.47. The molecular weight excluding hydrogens is 170 g/mol. The zero-order valence-electron chi connectivity index (χ0n) is 7.69. The van der Waals surface area contributed by atoms with Gasteiger partial charge in [0.2, 0.25) is 11.8 Å². The van der Waals surface area contributed by atoms with Crippen LogP contribution < -0.4 is 11.5 Å². The first-order valence-corrected chi connectivity index (χ1v) is 4.39. The molecule has 1 saturated heterocycles. The molecule has 0 radical (unpaired) electrons. The van der Waals surface area contributed by atoms with Crippen molar-refractivity contribution < 1.29 is 9.59 Å². The SMILES string of the molecule is C[C@H](C(N)=O)N1CCC[C@@H](N)C1=O. The zero-order valence-corrected chi connectivity index (χ0v) is 7.69. The molecule has 5 nitrogen and oxygen atoms in total. The fraction of sp³-hybridized carbons (Fsp3) is 0.750. The van der Waals surface area contributed by atoms with Crippen molar-refractivity contribution >= 4 is 11.8 Å². The molecular formula is C8H15N3O2. The Bertz CT molecular complexity index is 229. The molecule has 2 amide bonds. The summed E-state index contributed by atoms with van der Waals surface area (Å²) in [5.74, 6) is -0.653. The highest BCUT2D eigenvalue weighted by Gasteiger charge is 2.30. The Morgan fingerprint density at radius 3 is 2.85 bits per heavy atom. The van der Waals surface area contributed by atoms with Crippen molar-refractivity contribution in [1.29, 1.82) is 0 Å². The lowest BCUT2D eigenvalue weighted by Gasteiger charge is -2.33. The van der Waals surface area contributed by atoms with E-state index in [4.69, 9.17) is 11.5 Å². The van der Waals surface area contributed by atoms with E-state index in [1.165, 1.54) is 4.90 Å². The molecule has 5 heteroatoms. The van der Waals surface area contributed by atoms with Gasteiger partial charge in [-0.1, -0.05) is 0 Å². The minimum absolute atomic E-state index is 0.169. The van der Waals surface area contributed by atoms with Gasteiger partial charge in [0.25, 0.3) is 0 Å². The van der Waals surface area contributed by atoms with E-state index < -0.39 is 18.0 Å². The molecule has 0 unspecified atom stereocenters. The van der Waals surface area contributed by atoms with E-state index in [1.54, 1.807) is 6.92 Å². The highest BCUT2D eigenvalue weighted by atomic mass is 16.2. The minimum atomic E-state index is -0.543. The second-order valence-corrected chi connectivity index (χ2v) is 3.36. The van der Waals surface area contributed by atoms with Crippen LogP contribution in [0.3, 0.4) is 0 Å². The van der Waals surface area contributed by atoms with Crippen LogP contribution >= 0.6 is 0 Å². The summed E-state index contributed by atoms with van der Waals surface area (Å²) in [4.78, 5) is 23.8. The summed E-state index contributed by atoms with van der Waals surface area (Å²) in [6.07, 6.45) is 1.53. The van der Waals surface area contributed by atoms with Gasteiger partial charge < -0.3 is 16.4 Å². The summed E-state index contributed by atoms with van der Waals surface area (Å²) >= 11 is 0. The molecule has 0 aromatic heterocycles. The molecule has 1 rings (SSSR count). The Kier molecular flexibility index (Phi) is 2.87. The van der Waals surface area contributed by atoms with Gasteiger partial charge in [0.1, 0.15) is 6.04 Å². The average Bonchev–Trinajstić information content (AvgIpc) is 2.08. The van der Waals surface area contributed by atoms with Gasteiger partial charge in [-0.05, 0) is 19.8 Å². The number of piperidine rings is 1. The predicted molar refractivity (Wildman–Crippen MR) is 47.6 cm³/mol. The van der Waals surface area contributed by atoms with Crippen molar-refractivity contribution in [2.75, 3.05) is 6.54 Å². The van der Waals surface area contributed by atoms with Crippen molar-refractivity contribution in [2.24, 2.45) is 11.5 Å². The number of hydrogen-bond donors (Lipinski definition) is 2. The van der Waals surface area contributed by atoms with Crippen LogP contribution in [-0.4, -0.2) is 35.3 Å². The lowest BCUT2D eigenvalue weighted by atomic mass is 10.0.